The summed E-state index contributed by atoms with van der Waals surface area (Å²) in [5, 5.41) is 9.66. The van der Waals surface area contributed by atoms with E-state index in [1.807, 2.05) is 0 Å². The Morgan fingerprint density at radius 3 is 3.00 bits per heavy atom. The molecule has 2 aromatic heterocycles. The van der Waals surface area contributed by atoms with Crippen LogP contribution < -0.4 is 5.32 Å². The number of pyridine rings is 1. The normalized spacial score (nSPS) is 10.3. The molecule has 0 fully saturated rings. The first-order chi connectivity index (χ1) is 9.70. The molecule has 2 N–H and O–H groups in total. The van der Waals surface area contributed by atoms with Gasteiger partial charge in [0.1, 0.15) is 18.0 Å². The van der Waals surface area contributed by atoms with Crippen LogP contribution in [0.1, 0.15) is 29.5 Å². The van der Waals surface area contributed by atoms with Gasteiger partial charge < -0.3 is 10.2 Å². The molecule has 20 heavy (non-hydrogen) atoms. The molecule has 0 aliphatic carbocycles. The van der Waals surface area contributed by atoms with E-state index >= 15 is 0 Å². The van der Waals surface area contributed by atoms with Crippen LogP contribution in [0.25, 0.3) is 0 Å². The predicted molar refractivity (Wildman–Crippen MR) is 75.2 cm³/mol. The Morgan fingerprint density at radius 1 is 1.45 bits per heavy atom. The lowest BCUT2D eigenvalue weighted by atomic mass is 10.2. The molecule has 0 aliphatic heterocycles. The number of nitrogens with zero attached hydrogens (tertiary/aromatic N) is 4. The van der Waals surface area contributed by atoms with Crippen molar-refractivity contribution in [2.75, 3.05) is 18.9 Å². The topological polar surface area (TPSA) is 86.8 Å². The zero-order valence-electron chi connectivity index (χ0n) is 11.6. The zero-order chi connectivity index (χ0) is 14.4. The van der Waals surface area contributed by atoms with Crippen molar-refractivity contribution in [1.29, 1.82) is 0 Å². The minimum absolute atomic E-state index is 0.0802. The third-order valence-electron chi connectivity index (χ3n) is 2.76. The van der Waals surface area contributed by atoms with Crippen molar-refractivity contribution in [2.45, 2.75) is 19.9 Å². The average molecular weight is 274 g/mol. The standard InChI is InChI=1S/C13H18N6O/c1-3-5-14-11-7-10(4-6-15-11)13(20)19(2)8-12-16-9-17-18-12/h4,6-7,9H,3,5,8H2,1-2H3,(H,14,15)(H,16,17,18). The second-order valence-electron chi connectivity index (χ2n) is 4.45. The summed E-state index contributed by atoms with van der Waals surface area (Å²) in [6.07, 6.45) is 4.06. The average Bonchev–Trinajstić information content (AvgIpc) is 2.97. The fourth-order valence-electron chi connectivity index (χ4n) is 1.74. The molecule has 2 rings (SSSR count). The van der Waals surface area contributed by atoms with Crippen molar-refractivity contribution in [1.82, 2.24) is 25.1 Å². The van der Waals surface area contributed by atoms with E-state index in [0.29, 0.717) is 23.8 Å². The number of carbonyl (C=O) groups excluding carboxylic acids is 1. The highest BCUT2D eigenvalue weighted by Crippen LogP contribution is 2.10. The van der Waals surface area contributed by atoms with E-state index in [-0.39, 0.29) is 5.91 Å². The fraction of sp³-hybridized carbons (Fsp3) is 0.385. The molecule has 0 saturated carbocycles. The predicted octanol–water partition coefficient (Wildman–Crippen LogP) is 1.29. The lowest BCUT2D eigenvalue weighted by molar-refractivity contribution is 0.0781. The molecule has 7 nitrogen and oxygen atoms in total. The van der Waals surface area contributed by atoms with E-state index in [4.69, 9.17) is 0 Å². The Labute approximate surface area is 117 Å². The third-order valence-corrected chi connectivity index (χ3v) is 2.76. The van der Waals surface area contributed by atoms with Gasteiger partial charge in [0.25, 0.3) is 5.91 Å². The highest BCUT2D eigenvalue weighted by molar-refractivity contribution is 5.94. The minimum Gasteiger partial charge on any atom is -0.370 e. The van der Waals surface area contributed by atoms with Gasteiger partial charge in [-0.25, -0.2) is 9.97 Å². The largest absolute Gasteiger partial charge is 0.370 e. The van der Waals surface area contributed by atoms with Crippen LogP contribution in [0, 0.1) is 0 Å². The van der Waals surface area contributed by atoms with E-state index in [2.05, 4.69) is 32.4 Å². The molecule has 0 spiro atoms. The summed E-state index contributed by atoms with van der Waals surface area (Å²) in [7, 11) is 1.73. The number of hydrogen-bond acceptors (Lipinski definition) is 5. The lowest BCUT2D eigenvalue weighted by Crippen LogP contribution is -2.26. The Bertz CT molecular complexity index is 554. The molecule has 0 aromatic carbocycles. The van der Waals surface area contributed by atoms with Crippen molar-refractivity contribution in [3.8, 4) is 0 Å². The fourth-order valence-corrected chi connectivity index (χ4v) is 1.74. The van der Waals surface area contributed by atoms with Gasteiger partial charge in [-0.3, -0.25) is 9.89 Å². The van der Waals surface area contributed by atoms with Crippen molar-refractivity contribution in [3.63, 3.8) is 0 Å². The Morgan fingerprint density at radius 2 is 2.30 bits per heavy atom. The first kappa shape index (κ1) is 14.0. The maximum atomic E-state index is 12.3. The maximum absolute atomic E-state index is 12.3. The summed E-state index contributed by atoms with van der Waals surface area (Å²) in [5.41, 5.74) is 0.598. The highest BCUT2D eigenvalue weighted by atomic mass is 16.2. The molecular weight excluding hydrogens is 256 g/mol. The monoisotopic (exact) mass is 274 g/mol. The molecule has 0 bridgehead atoms. The van der Waals surface area contributed by atoms with Gasteiger partial charge >= 0.3 is 0 Å². The van der Waals surface area contributed by atoms with E-state index in [0.717, 1.165) is 13.0 Å². The maximum Gasteiger partial charge on any atom is 0.254 e. The number of rotatable bonds is 6. The molecule has 2 heterocycles. The van der Waals surface area contributed by atoms with Crippen molar-refractivity contribution < 1.29 is 4.79 Å². The quantitative estimate of drug-likeness (QED) is 0.829. The molecule has 0 atom stereocenters. The van der Waals surface area contributed by atoms with Crippen LogP contribution in [-0.4, -0.2) is 44.6 Å². The minimum atomic E-state index is -0.0802. The van der Waals surface area contributed by atoms with Crippen molar-refractivity contribution in [2.24, 2.45) is 0 Å². The zero-order valence-corrected chi connectivity index (χ0v) is 11.6. The van der Waals surface area contributed by atoms with E-state index < -0.39 is 0 Å². The highest BCUT2D eigenvalue weighted by Gasteiger charge is 2.13. The summed E-state index contributed by atoms with van der Waals surface area (Å²) in [4.78, 5) is 22.1. The van der Waals surface area contributed by atoms with Gasteiger partial charge in [-0.1, -0.05) is 6.92 Å². The smallest absolute Gasteiger partial charge is 0.254 e. The molecule has 1 amide bonds. The lowest BCUT2D eigenvalue weighted by Gasteiger charge is -2.16. The molecule has 0 aliphatic rings. The van der Waals surface area contributed by atoms with Crippen LogP contribution in [0.4, 0.5) is 5.82 Å². The number of nitrogens with one attached hydrogen (secondary N) is 2. The number of hydrogen-bond donors (Lipinski definition) is 2. The van der Waals surface area contributed by atoms with E-state index in [1.165, 1.54) is 6.33 Å². The van der Waals surface area contributed by atoms with Crippen molar-refractivity contribution >= 4 is 11.7 Å². The van der Waals surface area contributed by atoms with Gasteiger partial charge in [-0.05, 0) is 18.6 Å². The molecule has 106 valence electrons. The van der Waals surface area contributed by atoms with Gasteiger partial charge in [0.2, 0.25) is 0 Å². The number of aromatic amines is 1. The molecule has 0 radical (unpaired) electrons. The summed E-state index contributed by atoms with van der Waals surface area (Å²) >= 11 is 0. The van der Waals surface area contributed by atoms with Crippen LogP contribution >= 0.6 is 0 Å². The molecular formula is C13H18N6O. The molecule has 0 unspecified atom stereocenters. The number of H-pyrrole nitrogens is 1. The summed E-state index contributed by atoms with van der Waals surface area (Å²) in [6, 6.07) is 3.46. The number of amides is 1. The summed E-state index contributed by atoms with van der Waals surface area (Å²) in [6.45, 7) is 3.30. The van der Waals surface area contributed by atoms with E-state index in [9.17, 15) is 4.79 Å². The van der Waals surface area contributed by atoms with Crippen molar-refractivity contribution in [3.05, 3.63) is 36.0 Å². The van der Waals surface area contributed by atoms with Gasteiger partial charge in [-0.15, -0.1) is 0 Å². The van der Waals surface area contributed by atoms with Crippen LogP contribution in [0.2, 0.25) is 0 Å². The Kier molecular flexibility index (Phi) is 4.65. The van der Waals surface area contributed by atoms with E-state index in [1.54, 1.807) is 30.3 Å². The van der Waals surface area contributed by atoms with Gasteiger partial charge in [-0.2, -0.15) is 5.10 Å². The summed E-state index contributed by atoms with van der Waals surface area (Å²) in [5.74, 6) is 1.29. The van der Waals surface area contributed by atoms with Crippen LogP contribution in [0.5, 0.6) is 0 Å². The van der Waals surface area contributed by atoms with Gasteiger partial charge in [0.15, 0.2) is 0 Å². The first-order valence-corrected chi connectivity index (χ1v) is 6.50. The third kappa shape index (κ3) is 3.53. The second kappa shape index (κ2) is 6.65. The van der Waals surface area contributed by atoms with Gasteiger partial charge in [0, 0.05) is 25.4 Å². The molecule has 7 heteroatoms. The first-order valence-electron chi connectivity index (χ1n) is 6.50. The Hall–Kier alpha value is -2.44. The van der Waals surface area contributed by atoms with Crippen LogP contribution in [0.15, 0.2) is 24.7 Å². The molecule has 0 saturated heterocycles. The summed E-state index contributed by atoms with van der Waals surface area (Å²) < 4.78 is 0. The molecule has 2 aromatic rings. The number of anilines is 1. The number of aromatic nitrogens is 4. The van der Waals surface area contributed by atoms with Crippen LogP contribution in [0.3, 0.4) is 0 Å². The van der Waals surface area contributed by atoms with Crippen LogP contribution in [-0.2, 0) is 6.54 Å². The Balaban J connectivity index is 2.04. The number of carbonyl (C=O) groups is 1. The van der Waals surface area contributed by atoms with Gasteiger partial charge in [0.05, 0.1) is 6.54 Å². The SMILES string of the molecule is CCCNc1cc(C(=O)N(C)Cc2ncn[nH]2)ccn1. The second-order valence-corrected chi connectivity index (χ2v) is 4.45.